The Morgan fingerprint density at radius 1 is 1.20 bits per heavy atom. The van der Waals surface area contributed by atoms with Gasteiger partial charge in [-0.05, 0) is 42.7 Å². The maximum absolute atomic E-state index is 12.1. The van der Waals surface area contributed by atoms with E-state index in [1.807, 2.05) is 24.3 Å². The van der Waals surface area contributed by atoms with Gasteiger partial charge in [0.25, 0.3) is 0 Å². The van der Waals surface area contributed by atoms with Gasteiger partial charge >= 0.3 is 6.03 Å². The second kappa shape index (κ2) is 8.41. The summed E-state index contributed by atoms with van der Waals surface area (Å²) >= 11 is 12.0. The van der Waals surface area contributed by atoms with Crippen LogP contribution in [0, 0.1) is 0 Å². The number of rotatable bonds is 4. The number of pyridine rings is 1. The van der Waals surface area contributed by atoms with Gasteiger partial charge in [-0.25, -0.2) is 9.78 Å². The first-order valence-corrected chi connectivity index (χ1v) is 9.01. The Bertz CT molecular complexity index is 718. The third-order valence-corrected chi connectivity index (χ3v) is 4.84. The van der Waals surface area contributed by atoms with Crippen LogP contribution >= 0.6 is 23.2 Å². The van der Waals surface area contributed by atoms with E-state index in [1.165, 1.54) is 0 Å². The number of carbonyl (C=O) groups is 1. The van der Waals surface area contributed by atoms with Crippen LogP contribution in [0.1, 0.15) is 18.4 Å². The van der Waals surface area contributed by atoms with E-state index in [1.54, 1.807) is 18.3 Å². The third-order valence-electron chi connectivity index (χ3n) is 4.26. The predicted octanol–water partition coefficient (Wildman–Crippen LogP) is 3.86. The Morgan fingerprint density at radius 2 is 2.00 bits per heavy atom. The zero-order chi connectivity index (χ0) is 17.6. The van der Waals surface area contributed by atoms with E-state index in [0.29, 0.717) is 16.6 Å². The molecule has 7 heteroatoms. The summed E-state index contributed by atoms with van der Waals surface area (Å²) < 4.78 is 0. The highest BCUT2D eigenvalue weighted by Crippen LogP contribution is 2.21. The topological polar surface area (TPSA) is 57.3 Å². The molecule has 0 bridgehead atoms. The van der Waals surface area contributed by atoms with Crippen molar-refractivity contribution < 1.29 is 4.79 Å². The molecular formula is C18H20Cl2N4O. The summed E-state index contributed by atoms with van der Waals surface area (Å²) in [5, 5.41) is 7.01. The second-order valence-electron chi connectivity index (χ2n) is 6.01. The number of aromatic nitrogens is 1. The van der Waals surface area contributed by atoms with Gasteiger partial charge in [0, 0.05) is 41.9 Å². The summed E-state index contributed by atoms with van der Waals surface area (Å²) in [6, 6.07) is 11.1. The molecule has 0 aliphatic carbocycles. The van der Waals surface area contributed by atoms with Gasteiger partial charge in [0.05, 0.1) is 0 Å². The van der Waals surface area contributed by atoms with Crippen molar-refractivity contribution in [1.29, 1.82) is 0 Å². The van der Waals surface area contributed by atoms with Crippen LogP contribution < -0.4 is 15.5 Å². The highest BCUT2D eigenvalue weighted by Gasteiger charge is 2.21. The Kier molecular flexibility index (Phi) is 6.00. The predicted molar refractivity (Wildman–Crippen MR) is 101 cm³/mol. The van der Waals surface area contributed by atoms with E-state index < -0.39 is 0 Å². The molecule has 0 atom stereocenters. The zero-order valence-corrected chi connectivity index (χ0v) is 15.2. The molecule has 0 radical (unpaired) electrons. The molecule has 5 nitrogen and oxygen atoms in total. The SMILES string of the molecule is O=C(NCc1ccc(Cl)cc1Cl)NC1CCN(c2ccccn2)CC1. The van der Waals surface area contributed by atoms with Crippen LogP contribution in [0.4, 0.5) is 10.6 Å². The van der Waals surface area contributed by atoms with E-state index in [2.05, 4.69) is 20.5 Å². The molecule has 0 unspecified atom stereocenters. The summed E-state index contributed by atoms with van der Waals surface area (Å²) in [6.45, 7) is 2.13. The van der Waals surface area contributed by atoms with Crippen LogP contribution in [0.25, 0.3) is 0 Å². The van der Waals surface area contributed by atoms with Crippen molar-refractivity contribution in [3.63, 3.8) is 0 Å². The zero-order valence-electron chi connectivity index (χ0n) is 13.7. The summed E-state index contributed by atoms with van der Waals surface area (Å²) in [5.74, 6) is 0.989. The Labute approximate surface area is 157 Å². The van der Waals surface area contributed by atoms with Gasteiger partial charge in [0.15, 0.2) is 0 Å². The minimum absolute atomic E-state index is 0.167. The first-order valence-electron chi connectivity index (χ1n) is 8.26. The van der Waals surface area contributed by atoms with Crippen LogP contribution in [0.3, 0.4) is 0 Å². The van der Waals surface area contributed by atoms with Crippen molar-refractivity contribution in [2.24, 2.45) is 0 Å². The average Bonchev–Trinajstić information content (AvgIpc) is 2.62. The first kappa shape index (κ1) is 17.8. The minimum atomic E-state index is -0.178. The molecule has 0 spiro atoms. The molecule has 2 heterocycles. The molecule has 2 N–H and O–H groups in total. The number of urea groups is 1. The van der Waals surface area contributed by atoms with E-state index >= 15 is 0 Å². The van der Waals surface area contributed by atoms with Crippen molar-refractivity contribution in [3.05, 3.63) is 58.2 Å². The lowest BCUT2D eigenvalue weighted by atomic mass is 10.1. The number of amides is 2. The van der Waals surface area contributed by atoms with Crippen LogP contribution in [0.2, 0.25) is 10.0 Å². The molecule has 1 aromatic heterocycles. The Morgan fingerprint density at radius 3 is 2.68 bits per heavy atom. The van der Waals surface area contributed by atoms with E-state index in [9.17, 15) is 4.79 Å². The van der Waals surface area contributed by atoms with Crippen molar-refractivity contribution in [3.8, 4) is 0 Å². The van der Waals surface area contributed by atoms with Gasteiger partial charge in [0.1, 0.15) is 5.82 Å². The number of nitrogens with one attached hydrogen (secondary N) is 2. The molecule has 2 amide bonds. The molecule has 1 aromatic carbocycles. The molecule has 3 rings (SSSR count). The lowest BCUT2D eigenvalue weighted by Crippen LogP contribution is -2.48. The lowest BCUT2D eigenvalue weighted by Gasteiger charge is -2.33. The quantitative estimate of drug-likeness (QED) is 0.848. The normalized spacial score (nSPS) is 15.0. The molecule has 2 aromatic rings. The number of nitrogens with zero attached hydrogens (tertiary/aromatic N) is 2. The summed E-state index contributed by atoms with van der Waals surface area (Å²) in [4.78, 5) is 18.7. The molecular weight excluding hydrogens is 359 g/mol. The minimum Gasteiger partial charge on any atom is -0.356 e. The number of carbonyl (C=O) groups excluding carboxylic acids is 1. The molecule has 1 aliphatic heterocycles. The average molecular weight is 379 g/mol. The van der Waals surface area contributed by atoms with Crippen molar-refractivity contribution in [2.75, 3.05) is 18.0 Å². The third kappa shape index (κ3) is 5.00. The van der Waals surface area contributed by atoms with E-state index in [4.69, 9.17) is 23.2 Å². The maximum atomic E-state index is 12.1. The van der Waals surface area contributed by atoms with Gasteiger partial charge in [-0.2, -0.15) is 0 Å². The standard InChI is InChI=1S/C18H20Cl2N4O/c19-14-5-4-13(16(20)11-14)12-22-18(25)23-15-6-9-24(10-7-15)17-3-1-2-8-21-17/h1-5,8,11,15H,6-7,9-10,12H2,(H2,22,23,25). The number of benzene rings is 1. The lowest BCUT2D eigenvalue weighted by molar-refractivity contribution is 0.234. The van der Waals surface area contributed by atoms with Crippen LogP contribution in [0.15, 0.2) is 42.6 Å². The summed E-state index contributed by atoms with van der Waals surface area (Å²) in [5.41, 5.74) is 0.839. The van der Waals surface area contributed by atoms with Gasteiger partial charge in [0.2, 0.25) is 0 Å². The van der Waals surface area contributed by atoms with E-state index in [0.717, 1.165) is 37.3 Å². The molecule has 25 heavy (non-hydrogen) atoms. The van der Waals surface area contributed by atoms with Crippen LogP contribution in [0.5, 0.6) is 0 Å². The fourth-order valence-electron chi connectivity index (χ4n) is 2.87. The largest absolute Gasteiger partial charge is 0.356 e. The van der Waals surface area contributed by atoms with Crippen LogP contribution in [-0.2, 0) is 6.54 Å². The van der Waals surface area contributed by atoms with Crippen molar-refractivity contribution >= 4 is 35.1 Å². The summed E-state index contributed by atoms with van der Waals surface area (Å²) in [6.07, 6.45) is 3.59. The molecule has 1 saturated heterocycles. The number of piperidine rings is 1. The monoisotopic (exact) mass is 378 g/mol. The maximum Gasteiger partial charge on any atom is 0.315 e. The van der Waals surface area contributed by atoms with Crippen LogP contribution in [-0.4, -0.2) is 30.1 Å². The van der Waals surface area contributed by atoms with Gasteiger partial charge in [-0.1, -0.05) is 35.3 Å². The highest BCUT2D eigenvalue weighted by molar-refractivity contribution is 6.35. The smallest absolute Gasteiger partial charge is 0.315 e. The fraction of sp³-hybridized carbons (Fsp3) is 0.333. The van der Waals surface area contributed by atoms with E-state index in [-0.39, 0.29) is 12.1 Å². The number of hydrogen-bond acceptors (Lipinski definition) is 3. The van der Waals surface area contributed by atoms with Gasteiger partial charge < -0.3 is 15.5 Å². The number of anilines is 1. The van der Waals surface area contributed by atoms with Gasteiger partial charge in [-0.15, -0.1) is 0 Å². The molecule has 0 saturated carbocycles. The first-order chi connectivity index (χ1) is 12.1. The number of hydrogen-bond donors (Lipinski definition) is 2. The Hall–Kier alpha value is -1.98. The molecule has 132 valence electrons. The van der Waals surface area contributed by atoms with Gasteiger partial charge in [-0.3, -0.25) is 0 Å². The molecule has 1 fully saturated rings. The second-order valence-corrected chi connectivity index (χ2v) is 6.86. The fourth-order valence-corrected chi connectivity index (χ4v) is 3.35. The number of halogens is 2. The highest BCUT2D eigenvalue weighted by atomic mass is 35.5. The summed E-state index contributed by atoms with van der Waals surface area (Å²) in [7, 11) is 0. The van der Waals surface area contributed by atoms with Crippen molar-refractivity contribution in [2.45, 2.75) is 25.4 Å². The Balaban J connectivity index is 1.43. The van der Waals surface area contributed by atoms with Crippen molar-refractivity contribution in [1.82, 2.24) is 15.6 Å². The molecule has 1 aliphatic rings.